The third-order valence-electron chi connectivity index (χ3n) is 3.43. The molecule has 8 heteroatoms. The number of primary sulfonamides is 1. The predicted octanol–water partition coefficient (Wildman–Crippen LogP) is 0.774. The molecule has 0 aromatic heterocycles. The van der Waals surface area contributed by atoms with E-state index in [1.165, 1.54) is 12.1 Å². The summed E-state index contributed by atoms with van der Waals surface area (Å²) in [5.41, 5.74) is 0.265. The molecular formula is C12H15FN2O4S. The molecule has 110 valence electrons. The van der Waals surface area contributed by atoms with Gasteiger partial charge in [0.25, 0.3) is 0 Å². The van der Waals surface area contributed by atoms with Gasteiger partial charge in [0.15, 0.2) is 0 Å². The van der Waals surface area contributed by atoms with E-state index in [4.69, 9.17) is 10.2 Å². The Morgan fingerprint density at radius 3 is 2.40 bits per heavy atom. The standard InChI is InChI=1S/C12H15FN2O4S/c13-10-7-9(20(14,18)19)1-2-11(10)15-5-3-8(4-6-15)12(16)17/h1-2,7-8H,3-6H2,(H,16,17)(H2,14,18,19). The molecule has 0 spiro atoms. The number of carboxylic acid groups (broad SMARTS) is 1. The number of sulfonamides is 1. The fourth-order valence-electron chi connectivity index (χ4n) is 2.29. The summed E-state index contributed by atoms with van der Waals surface area (Å²) in [4.78, 5) is 12.3. The topological polar surface area (TPSA) is 101 Å². The largest absolute Gasteiger partial charge is 0.481 e. The van der Waals surface area contributed by atoms with E-state index < -0.39 is 27.7 Å². The molecule has 1 heterocycles. The van der Waals surface area contributed by atoms with Crippen molar-refractivity contribution in [3.63, 3.8) is 0 Å². The SMILES string of the molecule is NS(=O)(=O)c1ccc(N2CCC(C(=O)O)CC2)c(F)c1. The Bertz CT molecular complexity index is 624. The Kier molecular flexibility index (Phi) is 3.96. The van der Waals surface area contributed by atoms with Crippen molar-refractivity contribution in [3.05, 3.63) is 24.0 Å². The number of rotatable bonds is 3. The Morgan fingerprint density at radius 1 is 1.35 bits per heavy atom. The molecule has 0 aliphatic carbocycles. The fourth-order valence-corrected chi connectivity index (χ4v) is 2.81. The van der Waals surface area contributed by atoms with Crippen LogP contribution in [0.5, 0.6) is 0 Å². The van der Waals surface area contributed by atoms with E-state index in [1.807, 2.05) is 0 Å². The van der Waals surface area contributed by atoms with Crippen LogP contribution in [0, 0.1) is 11.7 Å². The lowest BCUT2D eigenvalue weighted by Crippen LogP contribution is -2.36. The van der Waals surface area contributed by atoms with E-state index in [1.54, 1.807) is 4.90 Å². The van der Waals surface area contributed by atoms with E-state index in [2.05, 4.69) is 0 Å². The molecular weight excluding hydrogens is 287 g/mol. The molecule has 0 amide bonds. The summed E-state index contributed by atoms with van der Waals surface area (Å²) in [6.07, 6.45) is 0.872. The summed E-state index contributed by atoms with van der Waals surface area (Å²) in [6.45, 7) is 0.839. The van der Waals surface area contributed by atoms with E-state index in [0.29, 0.717) is 25.9 Å². The number of nitrogens with zero attached hydrogens (tertiary/aromatic N) is 1. The first-order valence-corrected chi connectivity index (χ1v) is 7.64. The summed E-state index contributed by atoms with van der Waals surface area (Å²) >= 11 is 0. The predicted molar refractivity (Wildman–Crippen MR) is 70.3 cm³/mol. The quantitative estimate of drug-likeness (QED) is 0.859. The van der Waals surface area contributed by atoms with Crippen molar-refractivity contribution in [2.45, 2.75) is 17.7 Å². The number of carboxylic acids is 1. The molecule has 0 bridgehead atoms. The van der Waals surface area contributed by atoms with Gasteiger partial charge in [-0.1, -0.05) is 0 Å². The molecule has 0 atom stereocenters. The maximum atomic E-state index is 13.9. The Hall–Kier alpha value is -1.67. The van der Waals surface area contributed by atoms with Crippen LogP contribution in [0.4, 0.5) is 10.1 Å². The number of piperidine rings is 1. The highest BCUT2D eigenvalue weighted by atomic mass is 32.2. The molecule has 1 aromatic carbocycles. The van der Waals surface area contributed by atoms with Gasteiger partial charge in [-0.15, -0.1) is 0 Å². The molecule has 0 saturated carbocycles. The first-order valence-electron chi connectivity index (χ1n) is 6.09. The zero-order valence-electron chi connectivity index (χ0n) is 10.6. The number of anilines is 1. The second-order valence-electron chi connectivity index (χ2n) is 4.76. The highest BCUT2D eigenvalue weighted by Crippen LogP contribution is 2.27. The minimum absolute atomic E-state index is 0.265. The van der Waals surface area contributed by atoms with Crippen LogP contribution >= 0.6 is 0 Å². The molecule has 0 radical (unpaired) electrons. The van der Waals surface area contributed by atoms with E-state index in [-0.39, 0.29) is 10.6 Å². The van der Waals surface area contributed by atoms with E-state index >= 15 is 0 Å². The summed E-state index contributed by atoms with van der Waals surface area (Å²) in [5.74, 6) is -1.92. The van der Waals surface area contributed by atoms with Crippen LogP contribution in [-0.2, 0) is 14.8 Å². The first-order chi connectivity index (χ1) is 9.29. The second kappa shape index (κ2) is 5.37. The van der Waals surface area contributed by atoms with Crippen molar-refractivity contribution in [2.24, 2.45) is 11.1 Å². The summed E-state index contributed by atoms with van der Waals surface area (Å²) in [6, 6.07) is 3.49. The van der Waals surface area contributed by atoms with E-state index in [9.17, 15) is 17.6 Å². The van der Waals surface area contributed by atoms with Gasteiger partial charge in [-0.2, -0.15) is 0 Å². The van der Waals surface area contributed by atoms with Gasteiger partial charge in [-0.3, -0.25) is 4.79 Å². The van der Waals surface area contributed by atoms with Crippen LogP contribution < -0.4 is 10.0 Å². The molecule has 1 aromatic rings. The lowest BCUT2D eigenvalue weighted by molar-refractivity contribution is -0.142. The molecule has 20 heavy (non-hydrogen) atoms. The van der Waals surface area contributed by atoms with Crippen LogP contribution in [0.2, 0.25) is 0 Å². The minimum Gasteiger partial charge on any atom is -0.481 e. The summed E-state index contributed by atoms with van der Waals surface area (Å²) in [5, 5.41) is 13.8. The first kappa shape index (κ1) is 14.7. The number of hydrogen-bond donors (Lipinski definition) is 2. The lowest BCUT2D eigenvalue weighted by Gasteiger charge is -2.32. The number of aliphatic carboxylic acids is 1. The van der Waals surface area contributed by atoms with Crippen LogP contribution in [0.1, 0.15) is 12.8 Å². The molecule has 0 unspecified atom stereocenters. The van der Waals surface area contributed by atoms with Crippen molar-refractivity contribution >= 4 is 21.7 Å². The fraction of sp³-hybridized carbons (Fsp3) is 0.417. The van der Waals surface area contributed by atoms with Crippen LogP contribution in [0.3, 0.4) is 0 Å². The average molecular weight is 302 g/mol. The lowest BCUT2D eigenvalue weighted by atomic mass is 9.97. The van der Waals surface area contributed by atoms with Crippen molar-refractivity contribution in [3.8, 4) is 0 Å². The number of benzene rings is 1. The Morgan fingerprint density at radius 2 is 1.95 bits per heavy atom. The molecule has 1 saturated heterocycles. The minimum atomic E-state index is -3.93. The van der Waals surface area contributed by atoms with Gasteiger partial charge >= 0.3 is 5.97 Å². The van der Waals surface area contributed by atoms with Gasteiger partial charge in [-0.05, 0) is 31.0 Å². The molecule has 6 nitrogen and oxygen atoms in total. The van der Waals surface area contributed by atoms with Crippen molar-refractivity contribution in [1.82, 2.24) is 0 Å². The number of halogens is 1. The van der Waals surface area contributed by atoms with E-state index in [0.717, 1.165) is 6.07 Å². The summed E-state index contributed by atoms with van der Waals surface area (Å²) in [7, 11) is -3.93. The number of hydrogen-bond acceptors (Lipinski definition) is 4. The number of nitrogens with two attached hydrogens (primary N) is 1. The van der Waals surface area contributed by atoms with Crippen LogP contribution in [0.25, 0.3) is 0 Å². The molecule has 1 aliphatic rings. The zero-order valence-corrected chi connectivity index (χ0v) is 11.4. The van der Waals surface area contributed by atoms with Crippen molar-refractivity contribution < 1.29 is 22.7 Å². The second-order valence-corrected chi connectivity index (χ2v) is 6.32. The van der Waals surface area contributed by atoms with Crippen LogP contribution in [0.15, 0.2) is 23.1 Å². The Balaban J connectivity index is 2.17. The Labute approximate surface area is 116 Å². The van der Waals surface area contributed by atoms with Crippen molar-refractivity contribution in [2.75, 3.05) is 18.0 Å². The van der Waals surface area contributed by atoms with Gasteiger partial charge in [0.1, 0.15) is 5.82 Å². The maximum Gasteiger partial charge on any atom is 0.306 e. The van der Waals surface area contributed by atoms with Crippen LogP contribution in [-0.4, -0.2) is 32.6 Å². The highest BCUT2D eigenvalue weighted by Gasteiger charge is 2.26. The normalized spacial score (nSPS) is 17.2. The molecule has 1 aliphatic heterocycles. The average Bonchev–Trinajstić information content (AvgIpc) is 2.37. The van der Waals surface area contributed by atoms with Gasteiger partial charge in [0.2, 0.25) is 10.0 Å². The van der Waals surface area contributed by atoms with Gasteiger partial charge in [0, 0.05) is 13.1 Å². The smallest absolute Gasteiger partial charge is 0.306 e. The highest BCUT2D eigenvalue weighted by molar-refractivity contribution is 7.89. The van der Waals surface area contributed by atoms with Gasteiger partial charge < -0.3 is 10.0 Å². The maximum absolute atomic E-state index is 13.9. The zero-order chi connectivity index (χ0) is 14.9. The molecule has 3 N–H and O–H groups in total. The van der Waals surface area contributed by atoms with Gasteiger partial charge in [0.05, 0.1) is 16.5 Å². The third-order valence-corrected chi connectivity index (χ3v) is 4.34. The monoisotopic (exact) mass is 302 g/mol. The summed E-state index contributed by atoms with van der Waals surface area (Å²) < 4.78 is 36.2. The third kappa shape index (κ3) is 3.07. The molecule has 1 fully saturated rings. The van der Waals surface area contributed by atoms with Crippen molar-refractivity contribution in [1.29, 1.82) is 0 Å². The molecule has 2 rings (SSSR count). The number of carbonyl (C=O) groups is 1. The van der Waals surface area contributed by atoms with Gasteiger partial charge in [-0.25, -0.2) is 17.9 Å².